The van der Waals surface area contributed by atoms with Crippen LogP contribution in [0.2, 0.25) is 5.15 Å². The number of rotatable bonds is 4. The SMILES string of the molecule is Nc1nc(Cl)c(-c2cc3cc(F)ccc3o2)c(N[C@H]2CC[C@@H](CO)C2)n1. The monoisotopic (exact) mass is 376 g/mol. The van der Waals surface area contributed by atoms with Gasteiger partial charge in [-0.1, -0.05) is 11.6 Å². The molecule has 136 valence electrons. The van der Waals surface area contributed by atoms with Gasteiger partial charge in [-0.25, -0.2) is 9.37 Å². The second-order valence-corrected chi connectivity index (χ2v) is 6.95. The molecule has 2 atom stereocenters. The lowest BCUT2D eigenvalue weighted by Crippen LogP contribution is -2.18. The molecule has 0 radical (unpaired) electrons. The second kappa shape index (κ2) is 6.74. The van der Waals surface area contributed by atoms with Crippen LogP contribution in [-0.4, -0.2) is 27.7 Å². The average molecular weight is 377 g/mol. The number of nitrogens with two attached hydrogens (primary N) is 1. The fraction of sp³-hybridized carbons (Fsp3) is 0.333. The first kappa shape index (κ1) is 17.1. The van der Waals surface area contributed by atoms with E-state index < -0.39 is 0 Å². The van der Waals surface area contributed by atoms with Crippen LogP contribution in [0, 0.1) is 11.7 Å². The second-order valence-electron chi connectivity index (χ2n) is 6.59. The maximum absolute atomic E-state index is 13.5. The van der Waals surface area contributed by atoms with Gasteiger partial charge >= 0.3 is 0 Å². The summed E-state index contributed by atoms with van der Waals surface area (Å²) in [6.07, 6.45) is 2.70. The molecule has 0 amide bonds. The van der Waals surface area contributed by atoms with Gasteiger partial charge in [0.2, 0.25) is 5.95 Å². The lowest BCUT2D eigenvalue weighted by atomic mass is 10.1. The molecule has 8 heteroatoms. The zero-order chi connectivity index (χ0) is 18.3. The third-order valence-corrected chi connectivity index (χ3v) is 5.02. The Morgan fingerprint density at radius 1 is 1.31 bits per heavy atom. The summed E-state index contributed by atoms with van der Waals surface area (Å²) in [5.74, 6) is 0.907. The highest BCUT2D eigenvalue weighted by Crippen LogP contribution is 2.38. The Morgan fingerprint density at radius 3 is 2.92 bits per heavy atom. The third kappa shape index (κ3) is 3.20. The largest absolute Gasteiger partial charge is 0.456 e. The molecule has 1 aliphatic carbocycles. The number of nitrogens with one attached hydrogen (secondary N) is 1. The van der Waals surface area contributed by atoms with E-state index in [0.717, 1.165) is 19.3 Å². The molecule has 0 bridgehead atoms. The molecule has 3 aromatic rings. The Hall–Kier alpha value is -2.38. The molecule has 1 fully saturated rings. The van der Waals surface area contributed by atoms with Crippen molar-refractivity contribution >= 4 is 34.3 Å². The van der Waals surface area contributed by atoms with Gasteiger partial charge in [0.25, 0.3) is 0 Å². The van der Waals surface area contributed by atoms with E-state index in [1.807, 2.05) is 0 Å². The standard InChI is InChI=1S/C18H18ClFN4O2/c19-16-15(14-7-10-6-11(20)2-4-13(10)26-14)17(24-18(21)23-16)22-12-3-1-9(5-12)8-25/h2,4,6-7,9,12,25H,1,3,5,8H2,(H3,21,22,23,24)/t9-,12+/m1/s1. The zero-order valence-electron chi connectivity index (χ0n) is 13.9. The normalized spacial score (nSPS) is 20.0. The molecule has 4 rings (SSSR count). The molecule has 1 saturated carbocycles. The topological polar surface area (TPSA) is 97.2 Å². The van der Waals surface area contributed by atoms with E-state index in [0.29, 0.717) is 28.1 Å². The van der Waals surface area contributed by atoms with Gasteiger partial charge in [0.1, 0.15) is 28.1 Å². The van der Waals surface area contributed by atoms with Crippen molar-refractivity contribution in [3.63, 3.8) is 0 Å². The molecule has 0 spiro atoms. The van der Waals surface area contributed by atoms with E-state index in [-0.39, 0.29) is 35.5 Å². The number of aliphatic hydroxyl groups excluding tert-OH is 1. The summed E-state index contributed by atoms with van der Waals surface area (Å²) in [6.45, 7) is 0.173. The molecule has 26 heavy (non-hydrogen) atoms. The smallest absolute Gasteiger partial charge is 0.223 e. The van der Waals surface area contributed by atoms with Gasteiger partial charge < -0.3 is 20.6 Å². The van der Waals surface area contributed by atoms with Crippen molar-refractivity contribution in [1.29, 1.82) is 0 Å². The number of hydrogen-bond acceptors (Lipinski definition) is 6. The number of aromatic nitrogens is 2. The Morgan fingerprint density at radius 2 is 2.15 bits per heavy atom. The van der Waals surface area contributed by atoms with Crippen molar-refractivity contribution < 1.29 is 13.9 Å². The predicted octanol–water partition coefficient (Wildman–Crippen LogP) is 3.84. The molecule has 0 aliphatic heterocycles. The number of halogens is 2. The Balaban J connectivity index is 1.74. The summed E-state index contributed by atoms with van der Waals surface area (Å²) in [6, 6.07) is 6.15. The van der Waals surface area contributed by atoms with Gasteiger partial charge in [-0.15, -0.1) is 0 Å². The summed E-state index contributed by atoms with van der Waals surface area (Å²) in [5.41, 5.74) is 6.80. The number of benzene rings is 1. The van der Waals surface area contributed by atoms with E-state index in [1.165, 1.54) is 12.1 Å². The van der Waals surface area contributed by atoms with Gasteiger partial charge in [-0.2, -0.15) is 4.98 Å². The predicted molar refractivity (Wildman–Crippen MR) is 98.5 cm³/mol. The van der Waals surface area contributed by atoms with Gasteiger partial charge in [0, 0.05) is 18.0 Å². The lowest BCUT2D eigenvalue weighted by molar-refractivity contribution is 0.229. The first-order valence-electron chi connectivity index (χ1n) is 8.43. The van der Waals surface area contributed by atoms with Gasteiger partial charge in [-0.3, -0.25) is 0 Å². The fourth-order valence-electron chi connectivity index (χ4n) is 3.48. The van der Waals surface area contributed by atoms with E-state index >= 15 is 0 Å². The number of fused-ring (bicyclic) bond motifs is 1. The summed E-state index contributed by atoms with van der Waals surface area (Å²) in [7, 11) is 0. The minimum atomic E-state index is -0.344. The van der Waals surface area contributed by atoms with Crippen LogP contribution in [0.15, 0.2) is 28.7 Å². The van der Waals surface area contributed by atoms with Crippen molar-refractivity contribution in [1.82, 2.24) is 9.97 Å². The summed E-state index contributed by atoms with van der Waals surface area (Å²) in [5, 5.41) is 13.5. The minimum Gasteiger partial charge on any atom is -0.456 e. The maximum Gasteiger partial charge on any atom is 0.223 e. The molecular weight excluding hydrogens is 359 g/mol. The Labute approximate surface area is 154 Å². The number of nitrogen functional groups attached to an aromatic ring is 1. The summed E-state index contributed by atoms with van der Waals surface area (Å²) < 4.78 is 19.3. The average Bonchev–Trinajstić information content (AvgIpc) is 3.20. The minimum absolute atomic E-state index is 0.0557. The third-order valence-electron chi connectivity index (χ3n) is 4.75. The zero-order valence-corrected chi connectivity index (χ0v) is 14.6. The Bertz CT molecular complexity index is 962. The number of nitrogens with zero attached hydrogens (tertiary/aromatic N) is 2. The number of aliphatic hydroxyl groups is 1. The van der Waals surface area contributed by atoms with Gasteiger partial charge in [0.15, 0.2) is 0 Å². The van der Waals surface area contributed by atoms with Crippen LogP contribution in [-0.2, 0) is 0 Å². The Kier molecular flexibility index (Phi) is 4.42. The number of hydrogen-bond donors (Lipinski definition) is 3. The lowest BCUT2D eigenvalue weighted by Gasteiger charge is -2.16. The first-order chi connectivity index (χ1) is 12.5. The van der Waals surface area contributed by atoms with Crippen molar-refractivity contribution in [2.24, 2.45) is 5.92 Å². The molecule has 1 aliphatic rings. The van der Waals surface area contributed by atoms with Crippen molar-refractivity contribution in [2.75, 3.05) is 17.7 Å². The first-order valence-corrected chi connectivity index (χ1v) is 8.81. The van der Waals surface area contributed by atoms with Crippen molar-refractivity contribution in [3.8, 4) is 11.3 Å². The maximum atomic E-state index is 13.5. The quantitative estimate of drug-likeness (QED) is 0.598. The van der Waals surface area contributed by atoms with Crippen LogP contribution in [0.3, 0.4) is 0 Å². The van der Waals surface area contributed by atoms with Crippen LogP contribution >= 0.6 is 11.6 Å². The molecule has 1 aromatic carbocycles. The van der Waals surface area contributed by atoms with Crippen LogP contribution in [0.25, 0.3) is 22.3 Å². The summed E-state index contributed by atoms with van der Waals surface area (Å²) >= 11 is 6.32. The highest BCUT2D eigenvalue weighted by Gasteiger charge is 2.27. The molecule has 6 nitrogen and oxygen atoms in total. The van der Waals surface area contributed by atoms with Gasteiger partial charge in [-0.05, 0) is 49.4 Å². The number of furan rings is 1. The number of anilines is 2. The highest BCUT2D eigenvalue weighted by molar-refractivity contribution is 6.32. The van der Waals surface area contributed by atoms with Crippen molar-refractivity contribution in [3.05, 3.63) is 35.2 Å². The van der Waals surface area contributed by atoms with E-state index in [2.05, 4.69) is 15.3 Å². The van der Waals surface area contributed by atoms with Crippen LogP contribution in [0.1, 0.15) is 19.3 Å². The summed E-state index contributed by atoms with van der Waals surface area (Å²) in [4.78, 5) is 8.31. The molecule has 2 heterocycles. The van der Waals surface area contributed by atoms with Gasteiger partial charge in [0.05, 0.1) is 5.56 Å². The highest BCUT2D eigenvalue weighted by atomic mass is 35.5. The van der Waals surface area contributed by atoms with Crippen molar-refractivity contribution in [2.45, 2.75) is 25.3 Å². The molecule has 0 unspecified atom stereocenters. The molecular formula is C18H18ClFN4O2. The van der Waals surface area contributed by atoms with E-state index in [1.54, 1.807) is 12.1 Å². The fourth-order valence-corrected chi connectivity index (χ4v) is 3.74. The van der Waals surface area contributed by atoms with Crippen LogP contribution < -0.4 is 11.1 Å². The molecule has 2 aromatic heterocycles. The van der Waals surface area contributed by atoms with E-state index in [9.17, 15) is 9.50 Å². The molecule has 4 N–H and O–H groups in total. The van der Waals surface area contributed by atoms with E-state index in [4.69, 9.17) is 21.8 Å². The van der Waals surface area contributed by atoms with Crippen LogP contribution in [0.5, 0.6) is 0 Å². The van der Waals surface area contributed by atoms with Crippen LogP contribution in [0.4, 0.5) is 16.2 Å². The molecule has 0 saturated heterocycles.